The lowest BCUT2D eigenvalue weighted by Crippen LogP contribution is -2.70. The first-order valence-corrected chi connectivity index (χ1v) is 13.2. The van der Waals surface area contributed by atoms with Gasteiger partial charge in [-0.1, -0.05) is 0 Å². The van der Waals surface area contributed by atoms with Gasteiger partial charge in [0.2, 0.25) is 0 Å². The number of rotatable bonds is 6. The molecule has 0 radical (unpaired) electrons. The molecular weight excluding hydrogens is 524 g/mol. The van der Waals surface area contributed by atoms with Crippen LogP contribution < -0.4 is 10.2 Å². The smallest absolute Gasteiger partial charge is 0.415 e. The van der Waals surface area contributed by atoms with Gasteiger partial charge in [-0.15, -0.1) is 0 Å². The maximum atomic E-state index is 13.4. The second kappa shape index (κ2) is 12.3. The number of hydrogen-bond acceptors (Lipinski definition) is 9. The Kier molecular flexibility index (Phi) is 9.52. The van der Waals surface area contributed by atoms with Crippen molar-refractivity contribution in [2.45, 2.75) is 83.7 Å². The van der Waals surface area contributed by atoms with Crippen LogP contribution in [-0.4, -0.2) is 95.0 Å². The van der Waals surface area contributed by atoms with Crippen molar-refractivity contribution in [2.24, 2.45) is 0 Å². The van der Waals surface area contributed by atoms with Gasteiger partial charge in [-0.3, -0.25) is 9.80 Å². The molecule has 0 bridgehead atoms. The molecule has 1 aliphatic heterocycles. The van der Waals surface area contributed by atoms with Crippen molar-refractivity contribution < 1.29 is 43.6 Å². The molecule has 1 saturated carbocycles. The predicted molar refractivity (Wildman–Crippen MR) is 143 cm³/mol. The number of esters is 1. The van der Waals surface area contributed by atoms with Crippen LogP contribution in [0.1, 0.15) is 54.4 Å². The molecular formula is C27H40N4O9. The molecule has 1 heterocycles. The van der Waals surface area contributed by atoms with Gasteiger partial charge in [0.05, 0.1) is 13.2 Å². The van der Waals surface area contributed by atoms with Gasteiger partial charge in [0.25, 0.3) is 0 Å². The van der Waals surface area contributed by atoms with Crippen molar-refractivity contribution >= 4 is 29.9 Å². The first-order chi connectivity index (χ1) is 18.6. The average Bonchev–Trinajstić information content (AvgIpc) is 3.69. The predicted octanol–water partition coefficient (Wildman–Crippen LogP) is 2.74. The Morgan fingerprint density at radius 2 is 1.45 bits per heavy atom. The number of amides is 3. The first-order valence-electron chi connectivity index (χ1n) is 13.2. The highest BCUT2D eigenvalue weighted by atomic mass is 16.6. The van der Waals surface area contributed by atoms with Crippen LogP contribution in [0, 0.1) is 5.21 Å². The zero-order valence-corrected chi connectivity index (χ0v) is 24.2. The molecule has 40 heavy (non-hydrogen) atoms. The van der Waals surface area contributed by atoms with Crippen LogP contribution >= 0.6 is 0 Å². The van der Waals surface area contributed by atoms with Gasteiger partial charge in [-0.2, -0.15) is 0 Å². The van der Waals surface area contributed by atoms with Gasteiger partial charge in [0.15, 0.2) is 6.04 Å². The van der Waals surface area contributed by atoms with E-state index in [2.05, 4.69) is 0 Å². The van der Waals surface area contributed by atoms with Crippen LogP contribution in [0.3, 0.4) is 0 Å². The van der Waals surface area contributed by atoms with E-state index in [-0.39, 0.29) is 31.4 Å². The standard InChI is InChI=1S/C27H40N4O9/c1-26(2,3)39-24(34)29-14-15-30(25(35)40-27(4,5)6)21(22(32)37-7)20(29)16-31(18-10-11-18)23(33)38-19-12-8-17(28-36)9-13-19/h8-9,12-13,18,20-21H,10-11,14-16,28H2,1-7H3/t20-,21?/m0/s1. The minimum atomic E-state index is -1.28. The lowest BCUT2D eigenvalue weighted by atomic mass is 10.0. The Bertz CT molecular complexity index is 1080. The van der Waals surface area contributed by atoms with Crippen molar-refractivity contribution in [2.75, 3.05) is 26.7 Å². The molecule has 0 aromatic heterocycles. The van der Waals surface area contributed by atoms with Gasteiger partial charge in [-0.05, 0) is 66.5 Å². The van der Waals surface area contributed by atoms with Gasteiger partial charge < -0.3 is 34.5 Å². The van der Waals surface area contributed by atoms with Gasteiger partial charge in [0, 0.05) is 37.8 Å². The molecule has 0 spiro atoms. The van der Waals surface area contributed by atoms with E-state index in [9.17, 15) is 24.4 Å². The molecule has 1 unspecified atom stereocenters. The molecule has 2 atom stereocenters. The van der Waals surface area contributed by atoms with Crippen LogP contribution in [0.15, 0.2) is 24.3 Å². The fourth-order valence-corrected chi connectivity index (χ4v) is 4.31. The van der Waals surface area contributed by atoms with Gasteiger partial charge in [0.1, 0.15) is 22.6 Å². The number of ether oxygens (including phenoxy) is 4. The number of carbonyl (C=O) groups excluding carboxylic acids is 4. The summed E-state index contributed by atoms with van der Waals surface area (Å²) in [6.07, 6.45) is -0.714. The van der Waals surface area contributed by atoms with E-state index in [1.807, 2.05) is 0 Å². The zero-order valence-electron chi connectivity index (χ0n) is 24.2. The van der Waals surface area contributed by atoms with Crippen molar-refractivity contribution in [1.29, 1.82) is 0 Å². The zero-order chi connectivity index (χ0) is 29.8. The van der Waals surface area contributed by atoms with Crippen molar-refractivity contribution in [3.63, 3.8) is 0 Å². The molecule has 222 valence electrons. The molecule has 1 aromatic carbocycles. The minimum absolute atomic E-state index is 0.0125. The van der Waals surface area contributed by atoms with E-state index in [0.29, 0.717) is 24.0 Å². The highest BCUT2D eigenvalue weighted by Gasteiger charge is 2.50. The van der Waals surface area contributed by atoms with E-state index >= 15 is 0 Å². The molecule has 3 rings (SSSR count). The van der Waals surface area contributed by atoms with E-state index in [0.717, 1.165) is 0 Å². The van der Waals surface area contributed by atoms with E-state index < -0.39 is 47.5 Å². The Hall–Kier alpha value is -3.58. The lowest BCUT2D eigenvalue weighted by molar-refractivity contribution is -0.497. The normalized spacial score (nSPS) is 19.5. The summed E-state index contributed by atoms with van der Waals surface area (Å²) < 4.78 is 21.8. The topological polar surface area (TPSA) is 155 Å². The number of benzene rings is 1. The molecule has 1 aromatic rings. The number of nitrogens with two attached hydrogens (primary N) is 1. The summed E-state index contributed by atoms with van der Waals surface area (Å²) in [5.41, 5.74) is -0.552. The molecule has 1 saturated heterocycles. The summed E-state index contributed by atoms with van der Waals surface area (Å²) in [6.45, 7) is 10.2. The summed E-state index contributed by atoms with van der Waals surface area (Å²) in [6, 6.07) is 3.57. The number of methoxy groups -OCH3 is 1. The maximum Gasteiger partial charge on any atom is 0.415 e. The Balaban J connectivity index is 1.95. The molecule has 13 heteroatoms. The molecule has 2 aliphatic rings. The second-order valence-electron chi connectivity index (χ2n) is 11.8. The first kappa shape index (κ1) is 31.0. The van der Waals surface area contributed by atoms with Crippen LogP contribution in [0.5, 0.6) is 5.75 Å². The van der Waals surface area contributed by atoms with Crippen molar-refractivity contribution in [3.05, 3.63) is 29.5 Å². The van der Waals surface area contributed by atoms with Gasteiger partial charge in [-0.25, -0.2) is 19.2 Å². The lowest BCUT2D eigenvalue weighted by Gasteiger charge is -2.47. The minimum Gasteiger partial charge on any atom is -0.630 e. The van der Waals surface area contributed by atoms with Crippen LogP contribution in [0.25, 0.3) is 0 Å². The summed E-state index contributed by atoms with van der Waals surface area (Å²) >= 11 is 0. The van der Waals surface area contributed by atoms with Crippen molar-refractivity contribution in [3.8, 4) is 5.75 Å². The van der Waals surface area contributed by atoms with Crippen molar-refractivity contribution in [1.82, 2.24) is 14.7 Å². The highest BCUT2D eigenvalue weighted by molar-refractivity contribution is 5.84. The molecule has 13 nitrogen and oxygen atoms in total. The molecule has 2 fully saturated rings. The summed E-state index contributed by atoms with van der Waals surface area (Å²) in [5, 5.41) is 11.0. The van der Waals surface area contributed by atoms with Gasteiger partial charge >= 0.3 is 24.2 Å². The number of piperazine rings is 1. The maximum absolute atomic E-state index is 13.4. The average molecular weight is 565 g/mol. The van der Waals surface area contributed by atoms with E-state index in [1.54, 1.807) is 41.5 Å². The SMILES string of the molecule is COC(=O)C1[C@H](CN(C(=O)Oc2ccc([NH2+][O-])cc2)C2CC2)N(C(=O)OC(C)(C)C)CCN1C(=O)OC(C)(C)C. The fourth-order valence-electron chi connectivity index (χ4n) is 4.31. The number of hydrogen-bond donors (Lipinski definition) is 1. The number of carbonyl (C=O) groups is 4. The molecule has 3 amide bonds. The Morgan fingerprint density at radius 3 is 1.93 bits per heavy atom. The quantitative estimate of drug-likeness (QED) is 0.238. The third kappa shape index (κ3) is 8.21. The third-order valence-electron chi connectivity index (χ3n) is 6.21. The van der Waals surface area contributed by atoms with E-state index in [4.69, 9.17) is 18.9 Å². The number of quaternary nitrogens is 1. The fraction of sp³-hybridized carbons (Fsp3) is 0.630. The summed E-state index contributed by atoms with van der Waals surface area (Å²) in [7, 11) is 1.19. The Morgan fingerprint density at radius 1 is 0.925 bits per heavy atom. The summed E-state index contributed by atoms with van der Waals surface area (Å²) in [5.74, 6) is -0.536. The summed E-state index contributed by atoms with van der Waals surface area (Å²) in [4.78, 5) is 57.1. The van der Waals surface area contributed by atoms with Crippen LogP contribution in [0.4, 0.5) is 20.1 Å². The largest absolute Gasteiger partial charge is 0.630 e. The second-order valence-corrected chi connectivity index (χ2v) is 11.8. The third-order valence-corrected chi connectivity index (χ3v) is 6.21. The molecule has 1 aliphatic carbocycles. The van der Waals surface area contributed by atoms with Crippen LogP contribution in [-0.2, 0) is 19.0 Å². The highest BCUT2D eigenvalue weighted by Crippen LogP contribution is 2.31. The van der Waals surface area contributed by atoms with E-state index in [1.165, 1.54) is 46.1 Å². The monoisotopic (exact) mass is 564 g/mol. The Labute approximate surface area is 234 Å². The molecule has 2 N–H and O–H groups in total. The number of nitrogens with zero attached hydrogens (tertiary/aromatic N) is 3. The van der Waals surface area contributed by atoms with Crippen LogP contribution in [0.2, 0.25) is 0 Å².